The number of aryl methyl sites for hydroxylation is 1. The van der Waals surface area contributed by atoms with Gasteiger partial charge in [-0.1, -0.05) is 6.07 Å². The van der Waals surface area contributed by atoms with Gasteiger partial charge in [0, 0.05) is 12.2 Å². The van der Waals surface area contributed by atoms with Gasteiger partial charge >= 0.3 is 6.18 Å². The fraction of sp³-hybridized carbons (Fsp3) is 0.533. The summed E-state index contributed by atoms with van der Waals surface area (Å²) >= 11 is 0. The Hall–Kier alpha value is -1.56. The number of alkyl halides is 3. The summed E-state index contributed by atoms with van der Waals surface area (Å²) in [6, 6.07) is 3.39. The summed E-state index contributed by atoms with van der Waals surface area (Å²) in [7, 11) is 0. The minimum atomic E-state index is -4.41. The van der Waals surface area contributed by atoms with Gasteiger partial charge in [-0.3, -0.25) is 4.79 Å². The Kier molecular flexibility index (Phi) is 4.27. The molecule has 1 aliphatic rings. The lowest BCUT2D eigenvalue weighted by atomic mass is 9.82. The molecule has 1 unspecified atom stereocenters. The predicted molar refractivity (Wildman–Crippen MR) is 75.0 cm³/mol. The summed E-state index contributed by atoms with van der Waals surface area (Å²) in [6.45, 7) is 4.91. The number of carbonyl (C=O) groups is 1. The molecular formula is C15H19F3N2O. The third-order valence-corrected chi connectivity index (χ3v) is 3.96. The maximum absolute atomic E-state index is 12.7. The van der Waals surface area contributed by atoms with Crippen LogP contribution in [-0.2, 0) is 11.0 Å². The van der Waals surface area contributed by atoms with Gasteiger partial charge in [0.2, 0.25) is 5.91 Å². The van der Waals surface area contributed by atoms with Crippen molar-refractivity contribution in [1.29, 1.82) is 0 Å². The Morgan fingerprint density at radius 3 is 2.67 bits per heavy atom. The molecule has 1 fully saturated rings. The van der Waals surface area contributed by atoms with E-state index in [-0.39, 0.29) is 11.6 Å². The van der Waals surface area contributed by atoms with Crippen LogP contribution in [0.5, 0.6) is 0 Å². The van der Waals surface area contributed by atoms with Gasteiger partial charge in [0.1, 0.15) is 0 Å². The first-order valence-electron chi connectivity index (χ1n) is 6.92. The van der Waals surface area contributed by atoms with E-state index in [1.165, 1.54) is 6.07 Å². The highest BCUT2D eigenvalue weighted by Gasteiger charge is 2.35. The van der Waals surface area contributed by atoms with E-state index in [0.717, 1.165) is 31.5 Å². The predicted octanol–water partition coefficient (Wildman–Crippen LogP) is 3.34. The van der Waals surface area contributed by atoms with Crippen LogP contribution in [0.15, 0.2) is 18.2 Å². The van der Waals surface area contributed by atoms with Crippen molar-refractivity contribution in [1.82, 2.24) is 5.32 Å². The molecule has 21 heavy (non-hydrogen) atoms. The normalized spacial score (nSPS) is 22.9. The van der Waals surface area contributed by atoms with Gasteiger partial charge in [-0.25, -0.2) is 0 Å². The number of piperidine rings is 1. The van der Waals surface area contributed by atoms with Gasteiger partial charge in [0.25, 0.3) is 0 Å². The summed E-state index contributed by atoms with van der Waals surface area (Å²) in [4.78, 5) is 12.4. The van der Waals surface area contributed by atoms with E-state index in [2.05, 4.69) is 10.6 Å². The molecule has 2 N–H and O–H groups in total. The molecule has 116 valence electrons. The van der Waals surface area contributed by atoms with Gasteiger partial charge in [-0.05, 0) is 50.9 Å². The first kappa shape index (κ1) is 15.8. The van der Waals surface area contributed by atoms with Gasteiger partial charge in [0.15, 0.2) is 0 Å². The number of nitrogens with one attached hydrogen (secondary N) is 2. The molecule has 1 atom stereocenters. The van der Waals surface area contributed by atoms with Crippen molar-refractivity contribution < 1.29 is 18.0 Å². The largest absolute Gasteiger partial charge is 0.416 e. The fourth-order valence-electron chi connectivity index (χ4n) is 2.46. The molecule has 1 aromatic rings. The first-order valence-corrected chi connectivity index (χ1v) is 6.92. The highest BCUT2D eigenvalue weighted by Crippen LogP contribution is 2.33. The topological polar surface area (TPSA) is 41.1 Å². The Labute approximate surface area is 121 Å². The van der Waals surface area contributed by atoms with Gasteiger partial charge in [-0.15, -0.1) is 0 Å². The van der Waals surface area contributed by atoms with Crippen LogP contribution < -0.4 is 10.6 Å². The highest BCUT2D eigenvalue weighted by molar-refractivity contribution is 5.96. The minimum absolute atomic E-state index is 0.224. The van der Waals surface area contributed by atoms with Crippen molar-refractivity contribution in [2.24, 2.45) is 5.41 Å². The average Bonchev–Trinajstić information content (AvgIpc) is 2.40. The second-order valence-corrected chi connectivity index (χ2v) is 5.82. The fourth-order valence-corrected chi connectivity index (χ4v) is 2.46. The molecule has 1 amide bonds. The van der Waals surface area contributed by atoms with Crippen LogP contribution in [0.3, 0.4) is 0 Å². The lowest BCUT2D eigenvalue weighted by Gasteiger charge is -2.32. The number of anilines is 1. The molecule has 0 saturated carbocycles. The van der Waals surface area contributed by atoms with E-state index in [9.17, 15) is 18.0 Å². The number of benzene rings is 1. The third kappa shape index (κ3) is 3.56. The van der Waals surface area contributed by atoms with E-state index in [1.807, 2.05) is 6.92 Å². The van der Waals surface area contributed by atoms with Crippen molar-refractivity contribution in [3.63, 3.8) is 0 Å². The highest BCUT2D eigenvalue weighted by atomic mass is 19.4. The van der Waals surface area contributed by atoms with Crippen molar-refractivity contribution in [2.75, 3.05) is 18.4 Å². The number of amides is 1. The monoisotopic (exact) mass is 300 g/mol. The Morgan fingerprint density at radius 2 is 2.10 bits per heavy atom. The lowest BCUT2D eigenvalue weighted by molar-refractivity contribution is -0.137. The lowest BCUT2D eigenvalue weighted by Crippen LogP contribution is -2.46. The van der Waals surface area contributed by atoms with Gasteiger partial charge in [-0.2, -0.15) is 13.2 Å². The molecule has 0 aliphatic carbocycles. The summed E-state index contributed by atoms with van der Waals surface area (Å²) < 4.78 is 38.2. The molecule has 1 aromatic carbocycles. The average molecular weight is 300 g/mol. The molecule has 0 radical (unpaired) electrons. The summed E-state index contributed by atoms with van der Waals surface area (Å²) in [5.74, 6) is -0.239. The zero-order valence-electron chi connectivity index (χ0n) is 12.1. The van der Waals surface area contributed by atoms with Crippen LogP contribution in [0.4, 0.5) is 18.9 Å². The standard InChI is InChI=1S/C15H19F3N2O/c1-10-4-5-11(15(16,17)18)8-12(10)20-13(21)14(2)6-3-7-19-9-14/h4-5,8,19H,3,6-7,9H2,1-2H3,(H,20,21). The number of hydrogen-bond donors (Lipinski definition) is 2. The van der Waals surface area contributed by atoms with Crippen LogP contribution in [-0.4, -0.2) is 19.0 Å². The Balaban J connectivity index is 2.20. The second kappa shape index (κ2) is 5.67. The Morgan fingerprint density at radius 1 is 1.38 bits per heavy atom. The molecule has 1 saturated heterocycles. The van der Waals surface area contributed by atoms with Gasteiger partial charge < -0.3 is 10.6 Å². The molecule has 3 nitrogen and oxygen atoms in total. The summed E-state index contributed by atoms with van der Waals surface area (Å²) in [6.07, 6.45) is -2.81. The van der Waals surface area contributed by atoms with Crippen LogP contribution in [0.25, 0.3) is 0 Å². The first-order chi connectivity index (χ1) is 9.72. The molecule has 0 spiro atoms. The number of halogens is 3. The molecule has 0 bridgehead atoms. The molecule has 2 rings (SSSR count). The Bertz CT molecular complexity index is 534. The van der Waals surface area contributed by atoms with Crippen LogP contribution in [0, 0.1) is 12.3 Å². The van der Waals surface area contributed by atoms with Crippen LogP contribution in [0.1, 0.15) is 30.9 Å². The van der Waals surface area contributed by atoms with Gasteiger partial charge in [0.05, 0.1) is 11.0 Å². The zero-order chi connectivity index (χ0) is 15.7. The number of rotatable bonds is 2. The SMILES string of the molecule is Cc1ccc(C(F)(F)F)cc1NC(=O)C1(C)CCCNC1. The maximum Gasteiger partial charge on any atom is 0.416 e. The van der Waals surface area contributed by atoms with Crippen LogP contribution in [0.2, 0.25) is 0 Å². The van der Waals surface area contributed by atoms with Crippen molar-refractivity contribution >= 4 is 11.6 Å². The maximum atomic E-state index is 12.7. The quantitative estimate of drug-likeness (QED) is 0.879. The molecule has 6 heteroatoms. The number of carbonyl (C=O) groups excluding carboxylic acids is 1. The zero-order valence-corrected chi connectivity index (χ0v) is 12.1. The van der Waals surface area contributed by atoms with E-state index in [0.29, 0.717) is 12.1 Å². The van der Waals surface area contributed by atoms with Crippen molar-refractivity contribution in [3.05, 3.63) is 29.3 Å². The van der Waals surface area contributed by atoms with Crippen molar-refractivity contribution in [2.45, 2.75) is 32.9 Å². The second-order valence-electron chi connectivity index (χ2n) is 5.82. The van der Waals surface area contributed by atoms with Crippen molar-refractivity contribution in [3.8, 4) is 0 Å². The molecule has 1 heterocycles. The minimum Gasteiger partial charge on any atom is -0.325 e. The van der Waals surface area contributed by atoms with Crippen LogP contribution >= 0.6 is 0 Å². The van der Waals surface area contributed by atoms with E-state index in [4.69, 9.17) is 0 Å². The molecular weight excluding hydrogens is 281 g/mol. The number of hydrogen-bond acceptors (Lipinski definition) is 2. The van der Waals surface area contributed by atoms with E-state index >= 15 is 0 Å². The molecule has 1 aliphatic heterocycles. The summed E-state index contributed by atoms with van der Waals surface area (Å²) in [5.41, 5.74) is -0.500. The molecule has 0 aromatic heterocycles. The smallest absolute Gasteiger partial charge is 0.325 e. The third-order valence-electron chi connectivity index (χ3n) is 3.96. The van der Waals surface area contributed by atoms with E-state index < -0.39 is 17.2 Å². The summed E-state index contributed by atoms with van der Waals surface area (Å²) in [5, 5.41) is 5.81. The van der Waals surface area contributed by atoms with E-state index in [1.54, 1.807) is 6.92 Å².